The summed E-state index contributed by atoms with van der Waals surface area (Å²) in [6.45, 7) is -0.460. The van der Waals surface area contributed by atoms with Gasteiger partial charge < -0.3 is 19.4 Å². The quantitative estimate of drug-likeness (QED) is 0.612. The molecule has 2 aromatic heterocycles. The molecule has 9 heteroatoms. The molecule has 7 nitrogen and oxygen atoms in total. The number of thiophene rings is 1. The minimum atomic E-state index is -0.675. The fraction of sp³-hybridized carbons (Fsp3) is 0.211. The monoisotopic (exact) mass is 404 g/mol. The molecule has 28 heavy (non-hydrogen) atoms. The Morgan fingerprint density at radius 3 is 2.82 bits per heavy atom. The zero-order valence-electron chi connectivity index (χ0n) is 14.9. The first-order chi connectivity index (χ1) is 13.4. The lowest BCUT2D eigenvalue weighted by atomic mass is 10.2. The first-order valence-corrected chi connectivity index (χ1v) is 9.13. The lowest BCUT2D eigenvalue weighted by molar-refractivity contribution is -0.137. The van der Waals surface area contributed by atoms with Crippen molar-refractivity contribution in [2.24, 2.45) is 0 Å². The van der Waals surface area contributed by atoms with Gasteiger partial charge in [0.15, 0.2) is 6.61 Å². The molecule has 0 aliphatic carbocycles. The summed E-state index contributed by atoms with van der Waals surface area (Å²) in [6, 6.07) is 9.15. The lowest BCUT2D eigenvalue weighted by Gasteiger charge is -2.16. The summed E-state index contributed by atoms with van der Waals surface area (Å²) in [5.41, 5.74) is 0. The minimum absolute atomic E-state index is 0.181. The summed E-state index contributed by atoms with van der Waals surface area (Å²) >= 11 is 1.15. The van der Waals surface area contributed by atoms with Crippen molar-refractivity contribution in [1.29, 1.82) is 0 Å². The Balaban J connectivity index is 1.46. The van der Waals surface area contributed by atoms with Gasteiger partial charge in [0.05, 0.1) is 19.4 Å². The molecular formula is C19H17FN2O5S. The number of hydrogen-bond donors (Lipinski definition) is 1. The van der Waals surface area contributed by atoms with Crippen LogP contribution in [0.5, 0.6) is 0 Å². The molecule has 0 unspecified atom stereocenters. The topological polar surface area (TPSA) is 88.8 Å². The third-order valence-corrected chi connectivity index (χ3v) is 4.95. The molecule has 2 amide bonds. The average molecular weight is 404 g/mol. The Hall–Kier alpha value is -3.20. The minimum Gasteiger partial charge on any atom is -0.467 e. The number of hydrogen-bond acceptors (Lipinski definition) is 6. The van der Waals surface area contributed by atoms with E-state index < -0.39 is 24.3 Å². The van der Waals surface area contributed by atoms with Crippen molar-refractivity contribution in [3.63, 3.8) is 0 Å². The predicted octanol–water partition coefficient (Wildman–Crippen LogP) is 2.57. The van der Waals surface area contributed by atoms with Crippen LogP contribution in [0, 0.1) is 5.82 Å². The fourth-order valence-corrected chi connectivity index (χ4v) is 3.32. The lowest BCUT2D eigenvalue weighted by Crippen LogP contribution is -2.39. The largest absolute Gasteiger partial charge is 0.467 e. The Morgan fingerprint density at radius 2 is 2.07 bits per heavy atom. The van der Waals surface area contributed by atoms with E-state index in [1.807, 2.05) is 0 Å². The molecule has 3 aromatic rings. The van der Waals surface area contributed by atoms with Crippen LogP contribution in [0.1, 0.15) is 15.4 Å². The van der Waals surface area contributed by atoms with Crippen molar-refractivity contribution in [3.8, 4) is 0 Å². The summed E-state index contributed by atoms with van der Waals surface area (Å²) in [5, 5.41) is 3.21. The normalized spacial score (nSPS) is 10.6. The van der Waals surface area contributed by atoms with Crippen LogP contribution in [0.3, 0.4) is 0 Å². The maximum absolute atomic E-state index is 13.2. The van der Waals surface area contributed by atoms with Crippen molar-refractivity contribution in [2.45, 2.75) is 6.54 Å². The number of nitrogens with one attached hydrogen (secondary N) is 1. The van der Waals surface area contributed by atoms with E-state index in [-0.39, 0.29) is 23.9 Å². The van der Waals surface area contributed by atoms with Crippen LogP contribution in [-0.2, 0) is 20.9 Å². The zero-order valence-corrected chi connectivity index (χ0v) is 15.8. The predicted molar refractivity (Wildman–Crippen MR) is 100 cm³/mol. The third-order valence-electron chi connectivity index (χ3n) is 3.85. The van der Waals surface area contributed by atoms with E-state index in [1.165, 1.54) is 31.5 Å². The fourth-order valence-electron chi connectivity index (χ4n) is 2.38. The van der Waals surface area contributed by atoms with Gasteiger partial charge in [-0.15, -0.1) is 11.3 Å². The van der Waals surface area contributed by atoms with Crippen LogP contribution < -0.4 is 5.32 Å². The highest BCUT2D eigenvalue weighted by Gasteiger charge is 2.17. The van der Waals surface area contributed by atoms with Crippen LogP contribution in [0.2, 0.25) is 0 Å². The van der Waals surface area contributed by atoms with Gasteiger partial charge in [-0.05, 0) is 41.8 Å². The van der Waals surface area contributed by atoms with Crippen LogP contribution in [0.15, 0.2) is 47.1 Å². The number of benzene rings is 1. The highest BCUT2D eigenvalue weighted by atomic mass is 32.1. The Kier molecular flexibility index (Phi) is 6.05. The van der Waals surface area contributed by atoms with E-state index in [0.717, 1.165) is 20.9 Å². The van der Waals surface area contributed by atoms with Gasteiger partial charge >= 0.3 is 5.97 Å². The smallest absolute Gasteiger partial charge is 0.348 e. The summed E-state index contributed by atoms with van der Waals surface area (Å²) in [5.74, 6) is -1.36. The van der Waals surface area contributed by atoms with Crippen LogP contribution in [0.4, 0.5) is 4.39 Å². The molecular weight excluding hydrogens is 387 g/mol. The van der Waals surface area contributed by atoms with Gasteiger partial charge in [0.1, 0.15) is 16.5 Å². The molecule has 0 fully saturated rings. The zero-order chi connectivity index (χ0) is 20.1. The van der Waals surface area contributed by atoms with Gasteiger partial charge in [-0.1, -0.05) is 0 Å². The van der Waals surface area contributed by atoms with Gasteiger partial charge in [0.2, 0.25) is 5.91 Å². The van der Waals surface area contributed by atoms with Gasteiger partial charge in [-0.25, -0.2) is 9.18 Å². The number of ether oxygens (including phenoxy) is 1. The standard InChI is InChI=1S/C19H17FN2O5S/c1-22(10-17(23)21-9-14-3-2-6-26-14)18(24)11-27-19(25)16-8-12-7-13(20)4-5-15(12)28-16/h2-8H,9-11H2,1H3,(H,21,23). The number of rotatable bonds is 7. The number of nitrogens with zero attached hydrogens (tertiary/aromatic N) is 1. The number of carbonyl (C=O) groups is 3. The summed E-state index contributed by atoms with van der Waals surface area (Å²) in [6.07, 6.45) is 1.50. The van der Waals surface area contributed by atoms with E-state index in [4.69, 9.17) is 9.15 Å². The van der Waals surface area contributed by atoms with E-state index in [1.54, 1.807) is 18.2 Å². The Morgan fingerprint density at radius 1 is 1.25 bits per heavy atom. The molecule has 0 spiro atoms. The summed E-state index contributed by atoms with van der Waals surface area (Å²) in [4.78, 5) is 37.5. The third kappa shape index (κ3) is 4.95. The van der Waals surface area contributed by atoms with Gasteiger partial charge in [-0.3, -0.25) is 9.59 Å². The second-order valence-corrected chi connectivity index (χ2v) is 7.06. The molecule has 1 aromatic carbocycles. The van der Waals surface area contributed by atoms with Crippen molar-refractivity contribution < 1.29 is 27.9 Å². The molecule has 3 rings (SSSR count). The highest BCUT2D eigenvalue weighted by molar-refractivity contribution is 7.20. The number of carbonyl (C=O) groups excluding carboxylic acids is 3. The molecule has 0 saturated carbocycles. The van der Waals surface area contributed by atoms with Crippen molar-refractivity contribution in [2.75, 3.05) is 20.2 Å². The molecule has 146 valence electrons. The van der Waals surface area contributed by atoms with Gasteiger partial charge in [-0.2, -0.15) is 0 Å². The molecule has 2 heterocycles. The van der Waals surface area contributed by atoms with Crippen molar-refractivity contribution in [1.82, 2.24) is 10.2 Å². The first-order valence-electron chi connectivity index (χ1n) is 8.31. The molecule has 0 aliphatic heterocycles. The molecule has 0 bridgehead atoms. The van der Waals surface area contributed by atoms with E-state index in [0.29, 0.717) is 11.1 Å². The van der Waals surface area contributed by atoms with Gasteiger partial charge in [0, 0.05) is 11.7 Å². The number of fused-ring (bicyclic) bond motifs is 1. The first kappa shape index (κ1) is 19.6. The average Bonchev–Trinajstić information content (AvgIpc) is 3.33. The number of amides is 2. The number of halogens is 1. The van der Waals surface area contributed by atoms with Crippen molar-refractivity contribution in [3.05, 3.63) is 59.1 Å². The number of likely N-dealkylation sites (N-methyl/N-ethyl adjacent to an activating group) is 1. The molecule has 1 N–H and O–H groups in total. The Bertz CT molecular complexity index is 999. The van der Waals surface area contributed by atoms with E-state index in [9.17, 15) is 18.8 Å². The highest BCUT2D eigenvalue weighted by Crippen LogP contribution is 2.26. The van der Waals surface area contributed by atoms with Gasteiger partial charge in [0.25, 0.3) is 5.91 Å². The second kappa shape index (κ2) is 8.66. The molecule has 0 radical (unpaired) electrons. The number of furan rings is 1. The Labute approximate surface area is 163 Å². The maximum Gasteiger partial charge on any atom is 0.348 e. The van der Waals surface area contributed by atoms with Crippen LogP contribution >= 0.6 is 11.3 Å². The van der Waals surface area contributed by atoms with E-state index in [2.05, 4.69) is 5.32 Å². The molecule has 0 aliphatic rings. The molecule has 0 saturated heterocycles. The maximum atomic E-state index is 13.2. The number of esters is 1. The van der Waals surface area contributed by atoms with E-state index >= 15 is 0 Å². The van der Waals surface area contributed by atoms with Crippen molar-refractivity contribution >= 4 is 39.2 Å². The van der Waals surface area contributed by atoms with Crippen LogP contribution in [0.25, 0.3) is 10.1 Å². The van der Waals surface area contributed by atoms with Crippen LogP contribution in [-0.4, -0.2) is 42.9 Å². The molecule has 0 atom stereocenters. The summed E-state index contributed by atoms with van der Waals surface area (Å²) < 4.78 is 24.1. The second-order valence-electron chi connectivity index (χ2n) is 5.97. The SMILES string of the molecule is CN(CC(=O)NCc1ccco1)C(=O)COC(=O)c1cc2cc(F)ccc2s1. The summed E-state index contributed by atoms with van der Waals surface area (Å²) in [7, 11) is 1.44.